The minimum atomic E-state index is -5.02. The fourth-order valence-electron chi connectivity index (χ4n) is 4.15. The summed E-state index contributed by atoms with van der Waals surface area (Å²) in [5, 5.41) is 18.1. The van der Waals surface area contributed by atoms with Gasteiger partial charge in [-0.15, -0.1) is 5.10 Å². The van der Waals surface area contributed by atoms with Gasteiger partial charge >= 0.3 is 18.0 Å². The molecule has 1 aliphatic rings. The largest absolute Gasteiger partial charge is 0.416 e. The van der Waals surface area contributed by atoms with E-state index in [1.165, 1.54) is 36.2 Å². The van der Waals surface area contributed by atoms with Gasteiger partial charge in [0.25, 0.3) is 0 Å². The van der Waals surface area contributed by atoms with Crippen molar-refractivity contribution in [2.24, 2.45) is 0 Å². The van der Waals surface area contributed by atoms with E-state index in [0.717, 1.165) is 9.36 Å². The lowest BCUT2D eigenvalue weighted by atomic mass is 10.2. The van der Waals surface area contributed by atoms with E-state index >= 15 is 0 Å². The van der Waals surface area contributed by atoms with Crippen LogP contribution >= 0.6 is 11.6 Å². The Labute approximate surface area is 221 Å². The van der Waals surface area contributed by atoms with Crippen molar-refractivity contribution < 1.29 is 36.2 Å². The van der Waals surface area contributed by atoms with Gasteiger partial charge in [0.05, 0.1) is 25.6 Å². The summed E-state index contributed by atoms with van der Waals surface area (Å²) >= 11 is 5.87. The van der Waals surface area contributed by atoms with E-state index in [1.807, 2.05) is 0 Å². The molecule has 1 aromatic carbocycles. The minimum absolute atomic E-state index is 0.0838. The molecule has 2 aromatic heterocycles. The third-order valence-corrected chi connectivity index (χ3v) is 6.44. The van der Waals surface area contributed by atoms with Crippen LogP contribution in [0.3, 0.4) is 0 Å². The number of hydrogen-bond acceptors (Lipinski definition) is 6. The highest BCUT2D eigenvalue weighted by molar-refractivity contribution is 6.30. The summed E-state index contributed by atoms with van der Waals surface area (Å²) in [6.45, 7) is -2.25. The second-order valence-electron chi connectivity index (χ2n) is 8.97. The van der Waals surface area contributed by atoms with Crippen molar-refractivity contribution in [2.45, 2.75) is 63.4 Å². The summed E-state index contributed by atoms with van der Waals surface area (Å²) in [7, 11) is 1.49. The topological polar surface area (TPSA) is 111 Å². The molecule has 3 heterocycles. The molecule has 1 aliphatic heterocycles. The monoisotopic (exact) mass is 581 g/mol. The van der Waals surface area contributed by atoms with Gasteiger partial charge in [-0.05, 0) is 30.7 Å². The number of hydrogen-bond donors (Lipinski definition) is 1. The number of nitrogens with zero attached hydrogens (tertiary/aromatic N) is 7. The Hall–Kier alpha value is -3.40. The Kier molecular flexibility index (Phi) is 7.80. The molecular formula is C22H22ClF6N7O3. The van der Waals surface area contributed by atoms with Crippen LogP contribution in [0, 0.1) is 0 Å². The molecule has 1 saturated heterocycles. The Morgan fingerprint density at radius 3 is 2.31 bits per heavy atom. The highest BCUT2D eigenvalue weighted by atomic mass is 35.5. The molecule has 4 rings (SSSR count). The molecule has 3 aromatic rings. The van der Waals surface area contributed by atoms with Gasteiger partial charge in [0.15, 0.2) is 17.8 Å². The van der Waals surface area contributed by atoms with Crippen LogP contribution in [0.25, 0.3) is 11.4 Å². The minimum Gasteiger partial charge on any atom is -0.382 e. The van der Waals surface area contributed by atoms with E-state index in [9.17, 15) is 41.0 Å². The zero-order chi connectivity index (χ0) is 28.7. The van der Waals surface area contributed by atoms with Crippen molar-refractivity contribution in [3.05, 3.63) is 51.4 Å². The van der Waals surface area contributed by atoms with Crippen LogP contribution in [0.2, 0.25) is 5.02 Å². The molecule has 2 atom stereocenters. The zero-order valence-corrected chi connectivity index (χ0v) is 21.0. The molecule has 0 saturated carbocycles. The summed E-state index contributed by atoms with van der Waals surface area (Å²) in [5.41, 5.74) is -0.815. The first-order valence-corrected chi connectivity index (χ1v) is 12.0. The van der Waals surface area contributed by atoms with Crippen LogP contribution in [-0.4, -0.2) is 70.5 Å². The molecule has 10 nitrogen and oxygen atoms in total. The number of halogens is 7. The number of amides is 1. The second-order valence-corrected chi connectivity index (χ2v) is 9.41. The SMILES string of the molecule is CN1C(=O)CCC1c1nc(Cn2nc(-c3ccc(Cl)cc3)n(CC(O)C(F)(F)F)c2=O)nn1CCC(F)(F)F. The molecule has 0 aliphatic carbocycles. The van der Waals surface area contributed by atoms with Crippen molar-refractivity contribution in [1.29, 1.82) is 0 Å². The van der Waals surface area contributed by atoms with Crippen LogP contribution in [0.1, 0.15) is 37.0 Å². The third kappa shape index (κ3) is 6.43. The van der Waals surface area contributed by atoms with Crippen molar-refractivity contribution in [2.75, 3.05) is 7.05 Å². The molecular weight excluding hydrogens is 560 g/mol. The van der Waals surface area contributed by atoms with E-state index < -0.39 is 56.2 Å². The van der Waals surface area contributed by atoms with Crippen molar-refractivity contribution in [3.63, 3.8) is 0 Å². The number of alkyl halides is 6. The number of likely N-dealkylation sites (tertiary alicyclic amines) is 1. The first-order valence-electron chi connectivity index (χ1n) is 11.6. The molecule has 0 spiro atoms. The number of aromatic nitrogens is 6. The highest BCUT2D eigenvalue weighted by Gasteiger charge is 2.40. The molecule has 0 bridgehead atoms. The molecule has 1 fully saturated rings. The van der Waals surface area contributed by atoms with Crippen LogP contribution in [-0.2, 0) is 24.4 Å². The van der Waals surface area contributed by atoms with Crippen molar-refractivity contribution in [3.8, 4) is 11.4 Å². The summed E-state index contributed by atoms with van der Waals surface area (Å²) in [6.07, 6.45) is -13.2. The van der Waals surface area contributed by atoms with Crippen molar-refractivity contribution in [1.82, 2.24) is 34.0 Å². The predicted molar refractivity (Wildman–Crippen MR) is 124 cm³/mol. The van der Waals surface area contributed by atoms with Crippen LogP contribution in [0.4, 0.5) is 26.3 Å². The van der Waals surface area contributed by atoms with Gasteiger partial charge in [0.2, 0.25) is 5.91 Å². The number of aryl methyl sites for hydroxylation is 1. The van der Waals surface area contributed by atoms with E-state index in [2.05, 4.69) is 15.2 Å². The first-order chi connectivity index (χ1) is 18.1. The van der Waals surface area contributed by atoms with Gasteiger partial charge in [0, 0.05) is 24.1 Å². The lowest BCUT2D eigenvalue weighted by Gasteiger charge is -2.19. The maximum atomic E-state index is 13.1. The molecule has 212 valence electrons. The smallest absolute Gasteiger partial charge is 0.382 e. The molecule has 0 radical (unpaired) electrons. The van der Waals surface area contributed by atoms with Crippen molar-refractivity contribution >= 4 is 17.5 Å². The van der Waals surface area contributed by atoms with Crippen LogP contribution in [0.5, 0.6) is 0 Å². The normalized spacial score (nSPS) is 17.3. The van der Waals surface area contributed by atoms with Crippen LogP contribution in [0.15, 0.2) is 29.1 Å². The van der Waals surface area contributed by atoms with Gasteiger partial charge in [-0.1, -0.05) is 11.6 Å². The van der Waals surface area contributed by atoms with E-state index in [1.54, 1.807) is 0 Å². The molecule has 1 N–H and O–H groups in total. The average Bonchev–Trinajstić information content (AvgIpc) is 3.49. The summed E-state index contributed by atoms with van der Waals surface area (Å²) in [4.78, 5) is 30.7. The van der Waals surface area contributed by atoms with E-state index in [-0.39, 0.29) is 35.4 Å². The fourth-order valence-corrected chi connectivity index (χ4v) is 4.28. The van der Waals surface area contributed by atoms with Gasteiger partial charge in [-0.2, -0.15) is 31.4 Å². The Morgan fingerprint density at radius 2 is 1.74 bits per heavy atom. The number of carbonyl (C=O) groups is 1. The second kappa shape index (κ2) is 10.6. The number of benzene rings is 1. The summed E-state index contributed by atoms with van der Waals surface area (Å²) in [5.74, 6) is -0.485. The zero-order valence-electron chi connectivity index (χ0n) is 20.2. The predicted octanol–water partition coefficient (Wildman–Crippen LogP) is 3.17. The fraction of sp³-hybridized carbons (Fsp3) is 0.500. The lowest BCUT2D eigenvalue weighted by molar-refractivity contribution is -0.207. The highest BCUT2D eigenvalue weighted by Crippen LogP contribution is 2.31. The summed E-state index contributed by atoms with van der Waals surface area (Å²) in [6, 6.07) is 5.05. The van der Waals surface area contributed by atoms with E-state index in [0.29, 0.717) is 16.0 Å². The number of aliphatic hydroxyl groups is 1. The van der Waals surface area contributed by atoms with Gasteiger partial charge in [-0.3, -0.25) is 9.36 Å². The molecule has 1 amide bonds. The number of carbonyl (C=O) groups excluding carboxylic acids is 1. The Morgan fingerprint density at radius 1 is 1.08 bits per heavy atom. The quantitative estimate of drug-likeness (QED) is 0.409. The number of rotatable bonds is 8. The van der Waals surface area contributed by atoms with E-state index in [4.69, 9.17) is 11.6 Å². The molecule has 17 heteroatoms. The maximum Gasteiger partial charge on any atom is 0.416 e. The number of aliphatic hydroxyl groups excluding tert-OH is 1. The Bertz CT molecular complexity index is 1400. The molecule has 39 heavy (non-hydrogen) atoms. The summed E-state index contributed by atoms with van der Waals surface area (Å²) < 4.78 is 80.4. The lowest BCUT2D eigenvalue weighted by Crippen LogP contribution is -2.37. The Balaban J connectivity index is 1.72. The van der Waals surface area contributed by atoms with Crippen LogP contribution < -0.4 is 5.69 Å². The average molecular weight is 582 g/mol. The standard InChI is InChI=1S/C22H22ClF6N7O3/c1-33-14(6-7-17(33)38)19-30-16(31-35(19)9-8-21(24,25)26)11-36-20(39)34(10-15(37)22(27,28)29)18(32-36)12-2-4-13(23)5-3-12/h2-5,14-15,37H,6-11H2,1H3. The van der Waals surface area contributed by atoms with Gasteiger partial charge in [0.1, 0.15) is 12.4 Å². The third-order valence-electron chi connectivity index (χ3n) is 6.19. The molecule has 2 unspecified atom stereocenters. The van der Waals surface area contributed by atoms with Gasteiger partial charge in [-0.25, -0.2) is 19.1 Å². The first kappa shape index (κ1) is 28.6. The van der Waals surface area contributed by atoms with Gasteiger partial charge < -0.3 is 10.0 Å². The maximum absolute atomic E-state index is 13.1.